The van der Waals surface area contributed by atoms with E-state index >= 15 is 0 Å². The van der Waals surface area contributed by atoms with E-state index in [-0.39, 0.29) is 24.3 Å². The van der Waals surface area contributed by atoms with Crippen LogP contribution in [0.15, 0.2) is 34.3 Å². The first-order valence-electron chi connectivity index (χ1n) is 8.68. The molecule has 8 heteroatoms. The number of Topliss-reactive ketones (excluding diaryl/α,β-unsaturated/α-hetero) is 1. The van der Waals surface area contributed by atoms with Crippen LogP contribution in [-0.2, 0) is 9.53 Å². The van der Waals surface area contributed by atoms with Crippen LogP contribution in [0.1, 0.15) is 49.4 Å². The van der Waals surface area contributed by atoms with Crippen LogP contribution >= 0.6 is 0 Å². The highest BCUT2D eigenvalue weighted by Gasteiger charge is 2.43. The zero-order chi connectivity index (χ0) is 18.7. The summed E-state index contributed by atoms with van der Waals surface area (Å²) in [4.78, 5) is 34.1. The second-order valence-corrected chi connectivity index (χ2v) is 6.61. The van der Waals surface area contributed by atoms with E-state index in [1.165, 1.54) is 6.92 Å². The Labute approximate surface area is 151 Å². The molecule has 0 atom stereocenters. The number of benzene rings is 1. The summed E-state index contributed by atoms with van der Waals surface area (Å²) in [6, 6.07) is 6.96. The number of anilines is 1. The number of nitrogens with two attached hydrogens (primary N) is 2. The summed E-state index contributed by atoms with van der Waals surface area (Å²) >= 11 is 0. The molecule has 1 fully saturated rings. The van der Waals surface area contributed by atoms with E-state index < -0.39 is 11.6 Å². The maximum Gasteiger partial charge on any atom is 0.340 e. The number of aliphatic imine (C=N–C) groups is 2. The third-order valence-corrected chi connectivity index (χ3v) is 4.62. The highest BCUT2D eigenvalue weighted by atomic mass is 16.5. The molecule has 1 aromatic rings. The molecule has 1 heterocycles. The number of hydrogen-bond donors (Lipinski definition) is 2. The van der Waals surface area contributed by atoms with Crippen molar-refractivity contribution in [2.24, 2.45) is 21.5 Å². The first-order valence-corrected chi connectivity index (χ1v) is 8.68. The second-order valence-electron chi connectivity index (χ2n) is 6.61. The second kappa shape index (κ2) is 7.15. The molecule has 1 aliphatic carbocycles. The van der Waals surface area contributed by atoms with Gasteiger partial charge in [0.2, 0.25) is 11.9 Å². The number of nitrogens with zero attached hydrogens (tertiary/aromatic N) is 3. The van der Waals surface area contributed by atoms with Crippen LogP contribution in [0.5, 0.6) is 0 Å². The van der Waals surface area contributed by atoms with Crippen LogP contribution in [0.25, 0.3) is 0 Å². The number of guanidine groups is 2. The Morgan fingerprint density at radius 3 is 2.58 bits per heavy atom. The fourth-order valence-corrected chi connectivity index (χ4v) is 3.56. The molecule has 26 heavy (non-hydrogen) atoms. The normalized spacial score (nSPS) is 18.9. The SMILES string of the molecule is CC(=O)COC(=O)c1ccccc1N1C(N)=NC(N)=NC12CCCCC2. The minimum Gasteiger partial charge on any atom is -0.454 e. The van der Waals surface area contributed by atoms with Crippen molar-refractivity contribution in [2.75, 3.05) is 11.5 Å². The molecule has 0 bridgehead atoms. The summed E-state index contributed by atoms with van der Waals surface area (Å²) in [5, 5.41) is 0. The molecule has 1 saturated carbocycles. The highest BCUT2D eigenvalue weighted by Crippen LogP contribution is 2.40. The Hall–Kier alpha value is -2.90. The van der Waals surface area contributed by atoms with Gasteiger partial charge >= 0.3 is 5.97 Å². The fraction of sp³-hybridized carbons (Fsp3) is 0.444. The Morgan fingerprint density at radius 1 is 1.19 bits per heavy atom. The number of carbonyl (C=O) groups is 2. The Bertz CT molecular complexity index is 781. The van der Waals surface area contributed by atoms with Crippen LogP contribution in [0, 0.1) is 0 Å². The molecule has 1 spiro atoms. The first kappa shape index (κ1) is 17.9. The molecular weight excluding hydrogens is 334 g/mol. The minimum absolute atomic E-state index is 0.150. The van der Waals surface area contributed by atoms with Crippen molar-refractivity contribution in [3.05, 3.63) is 29.8 Å². The lowest BCUT2D eigenvalue weighted by Crippen LogP contribution is -2.58. The third-order valence-electron chi connectivity index (χ3n) is 4.62. The maximum absolute atomic E-state index is 12.5. The zero-order valence-corrected chi connectivity index (χ0v) is 14.8. The molecule has 3 rings (SSSR count). The van der Waals surface area contributed by atoms with Gasteiger partial charge in [0.15, 0.2) is 5.78 Å². The summed E-state index contributed by atoms with van der Waals surface area (Å²) in [6.07, 6.45) is 4.61. The summed E-state index contributed by atoms with van der Waals surface area (Å²) in [7, 11) is 0. The van der Waals surface area contributed by atoms with Gasteiger partial charge in [-0.2, -0.15) is 4.99 Å². The monoisotopic (exact) mass is 357 g/mol. The Balaban J connectivity index is 2.02. The molecule has 1 aromatic carbocycles. The minimum atomic E-state index is -0.648. The number of hydrogen-bond acceptors (Lipinski definition) is 8. The first-order chi connectivity index (χ1) is 12.4. The lowest BCUT2D eigenvalue weighted by molar-refractivity contribution is -0.120. The van der Waals surface area contributed by atoms with Crippen molar-refractivity contribution in [3.63, 3.8) is 0 Å². The molecular formula is C18H23N5O3. The van der Waals surface area contributed by atoms with Crippen molar-refractivity contribution < 1.29 is 14.3 Å². The Kier molecular flexibility index (Phi) is 4.92. The number of carbonyl (C=O) groups excluding carboxylic acids is 2. The van der Waals surface area contributed by atoms with Gasteiger partial charge in [0, 0.05) is 0 Å². The summed E-state index contributed by atoms with van der Waals surface area (Å²) < 4.78 is 5.10. The van der Waals surface area contributed by atoms with Gasteiger partial charge in [-0.1, -0.05) is 18.6 Å². The van der Waals surface area contributed by atoms with Crippen molar-refractivity contribution in [1.82, 2.24) is 0 Å². The van der Waals surface area contributed by atoms with Gasteiger partial charge in [-0.25, -0.2) is 9.79 Å². The molecule has 4 N–H and O–H groups in total. The number of rotatable bonds is 4. The Morgan fingerprint density at radius 2 is 1.88 bits per heavy atom. The molecule has 8 nitrogen and oxygen atoms in total. The topological polar surface area (TPSA) is 123 Å². The van der Waals surface area contributed by atoms with Crippen LogP contribution in [0.4, 0.5) is 5.69 Å². The van der Waals surface area contributed by atoms with E-state index in [0.717, 1.165) is 32.1 Å². The van der Waals surface area contributed by atoms with Gasteiger partial charge in [-0.3, -0.25) is 9.69 Å². The van der Waals surface area contributed by atoms with E-state index in [0.29, 0.717) is 11.3 Å². The lowest BCUT2D eigenvalue weighted by Gasteiger charge is -2.46. The molecule has 0 aromatic heterocycles. The van der Waals surface area contributed by atoms with Crippen molar-refractivity contribution in [1.29, 1.82) is 0 Å². The number of ketones is 1. The smallest absolute Gasteiger partial charge is 0.340 e. The molecule has 0 saturated heterocycles. The standard InChI is InChI=1S/C18H23N5O3/c1-12(24)11-26-15(25)13-7-3-4-8-14(13)23-17(20)21-16(19)22-18(23)9-5-2-6-10-18/h3-4,7-8H,2,5-6,9-11H2,1H3,(H4,19,20,21,22). The van der Waals surface area contributed by atoms with E-state index in [1.54, 1.807) is 23.1 Å². The maximum atomic E-state index is 12.5. The highest BCUT2D eigenvalue weighted by molar-refractivity contribution is 6.09. The quantitative estimate of drug-likeness (QED) is 0.788. The molecule has 0 radical (unpaired) electrons. The van der Waals surface area contributed by atoms with Gasteiger partial charge < -0.3 is 16.2 Å². The van der Waals surface area contributed by atoms with Crippen LogP contribution in [-0.4, -0.2) is 35.9 Å². The largest absolute Gasteiger partial charge is 0.454 e. The molecule has 1 aliphatic heterocycles. The third kappa shape index (κ3) is 3.40. The number of ether oxygens (including phenoxy) is 1. The number of esters is 1. The van der Waals surface area contributed by atoms with Gasteiger partial charge in [0.05, 0.1) is 11.3 Å². The van der Waals surface area contributed by atoms with E-state index in [9.17, 15) is 9.59 Å². The van der Waals surface area contributed by atoms with Crippen LogP contribution in [0.3, 0.4) is 0 Å². The van der Waals surface area contributed by atoms with Crippen molar-refractivity contribution >= 4 is 29.4 Å². The average molecular weight is 357 g/mol. The zero-order valence-electron chi connectivity index (χ0n) is 14.8. The summed E-state index contributed by atoms with van der Waals surface area (Å²) in [5.41, 5.74) is 12.3. The van der Waals surface area contributed by atoms with Crippen LogP contribution in [0.2, 0.25) is 0 Å². The molecule has 138 valence electrons. The average Bonchev–Trinajstić information content (AvgIpc) is 2.60. The summed E-state index contributed by atoms with van der Waals surface area (Å²) in [6.45, 7) is 1.09. The van der Waals surface area contributed by atoms with Crippen molar-refractivity contribution in [3.8, 4) is 0 Å². The molecule has 2 aliphatic rings. The lowest BCUT2D eigenvalue weighted by atomic mass is 9.87. The van der Waals surface area contributed by atoms with Gasteiger partial charge in [-0.15, -0.1) is 0 Å². The molecule has 0 unspecified atom stereocenters. The summed E-state index contributed by atoms with van der Waals surface area (Å²) in [5.74, 6) is -0.461. The van der Waals surface area contributed by atoms with E-state index in [1.807, 2.05) is 6.07 Å². The molecule has 0 amide bonds. The van der Waals surface area contributed by atoms with Gasteiger partial charge in [-0.05, 0) is 44.7 Å². The number of para-hydroxylation sites is 1. The van der Waals surface area contributed by atoms with E-state index in [4.69, 9.17) is 16.2 Å². The van der Waals surface area contributed by atoms with E-state index in [2.05, 4.69) is 9.98 Å². The van der Waals surface area contributed by atoms with Crippen molar-refractivity contribution in [2.45, 2.75) is 44.7 Å². The van der Waals surface area contributed by atoms with Gasteiger partial charge in [0.1, 0.15) is 12.3 Å². The van der Waals surface area contributed by atoms with Gasteiger partial charge in [0.25, 0.3) is 0 Å². The predicted molar refractivity (Wildman–Crippen MR) is 98.9 cm³/mol. The predicted octanol–water partition coefficient (Wildman–Crippen LogP) is 1.54. The fourth-order valence-electron chi connectivity index (χ4n) is 3.56. The van der Waals surface area contributed by atoms with Crippen LogP contribution < -0.4 is 16.4 Å².